The van der Waals surface area contributed by atoms with Gasteiger partial charge in [0.1, 0.15) is 0 Å². The van der Waals surface area contributed by atoms with Gasteiger partial charge in [-0.2, -0.15) is 0 Å². The van der Waals surface area contributed by atoms with Gasteiger partial charge in [0.15, 0.2) is 0 Å². The van der Waals surface area contributed by atoms with Crippen molar-refractivity contribution in [3.05, 3.63) is 0 Å². The lowest BCUT2D eigenvalue weighted by molar-refractivity contribution is -0.0143. The van der Waals surface area contributed by atoms with Gasteiger partial charge < -0.3 is 5.11 Å². The second-order valence-electron chi connectivity index (χ2n) is 6.18. The molecule has 0 bridgehead atoms. The van der Waals surface area contributed by atoms with Crippen LogP contribution in [0, 0.1) is 5.92 Å². The van der Waals surface area contributed by atoms with Gasteiger partial charge in [0.25, 0.3) is 0 Å². The number of rotatable bonds is 4. The summed E-state index contributed by atoms with van der Waals surface area (Å²) in [6, 6.07) is 0.519. The van der Waals surface area contributed by atoms with Gasteiger partial charge in [0, 0.05) is 37.8 Å². The van der Waals surface area contributed by atoms with E-state index in [1.54, 1.807) is 0 Å². The van der Waals surface area contributed by atoms with Crippen molar-refractivity contribution in [2.45, 2.75) is 45.7 Å². The summed E-state index contributed by atoms with van der Waals surface area (Å²) >= 11 is 0. The average Bonchev–Trinajstić information content (AvgIpc) is 2.12. The predicted molar refractivity (Wildman–Crippen MR) is 68.6 cm³/mol. The summed E-state index contributed by atoms with van der Waals surface area (Å²) in [6.45, 7) is 12.7. The molecule has 1 fully saturated rings. The van der Waals surface area contributed by atoms with Gasteiger partial charge in [-0.25, -0.2) is 0 Å². The van der Waals surface area contributed by atoms with Crippen LogP contribution in [0.2, 0.25) is 0 Å². The Bertz CT molecular complexity index is 216. The highest BCUT2D eigenvalue weighted by Gasteiger charge is 2.36. The first-order valence-corrected chi connectivity index (χ1v) is 6.43. The number of hydrogen-bond donors (Lipinski definition) is 1. The summed E-state index contributed by atoms with van der Waals surface area (Å²) in [4.78, 5) is 4.98. The van der Waals surface area contributed by atoms with Crippen LogP contribution in [0.15, 0.2) is 0 Å². The third-order valence-corrected chi connectivity index (χ3v) is 3.69. The highest BCUT2D eigenvalue weighted by atomic mass is 16.3. The second-order valence-corrected chi connectivity index (χ2v) is 6.18. The Kier molecular flexibility index (Phi) is 4.77. The van der Waals surface area contributed by atoms with Crippen molar-refractivity contribution < 1.29 is 5.11 Å². The molecule has 1 aliphatic heterocycles. The van der Waals surface area contributed by atoms with Crippen LogP contribution in [0.4, 0.5) is 0 Å². The van der Waals surface area contributed by atoms with Crippen molar-refractivity contribution in [3.63, 3.8) is 0 Å². The molecule has 1 aliphatic rings. The molecule has 0 saturated carbocycles. The predicted octanol–water partition coefficient (Wildman–Crippen LogP) is 1.42. The fraction of sp³-hybridized carbons (Fsp3) is 1.00. The number of piperazine rings is 1. The zero-order chi connectivity index (χ0) is 12.3. The van der Waals surface area contributed by atoms with Gasteiger partial charge in [-0.05, 0) is 33.2 Å². The summed E-state index contributed by atoms with van der Waals surface area (Å²) in [7, 11) is 2.19. The fourth-order valence-electron chi connectivity index (χ4n) is 2.53. The molecule has 16 heavy (non-hydrogen) atoms. The van der Waals surface area contributed by atoms with Crippen LogP contribution in [0.25, 0.3) is 0 Å². The van der Waals surface area contributed by atoms with Gasteiger partial charge in [-0.15, -0.1) is 0 Å². The van der Waals surface area contributed by atoms with E-state index in [-0.39, 0.29) is 5.54 Å². The second kappa shape index (κ2) is 5.48. The maximum Gasteiger partial charge on any atom is 0.0446 e. The third kappa shape index (κ3) is 3.44. The van der Waals surface area contributed by atoms with Crippen molar-refractivity contribution in [1.29, 1.82) is 0 Å². The largest absolute Gasteiger partial charge is 0.396 e. The molecule has 0 spiro atoms. The van der Waals surface area contributed by atoms with Crippen LogP contribution in [0.5, 0.6) is 0 Å². The Balaban J connectivity index is 2.67. The molecular weight excluding hydrogens is 200 g/mol. The summed E-state index contributed by atoms with van der Waals surface area (Å²) in [5.74, 6) is 0.695. The molecule has 1 unspecified atom stereocenters. The Morgan fingerprint density at radius 1 is 1.38 bits per heavy atom. The molecule has 0 aliphatic carbocycles. The van der Waals surface area contributed by atoms with E-state index in [9.17, 15) is 0 Å². The maximum atomic E-state index is 9.14. The molecule has 3 heteroatoms. The highest BCUT2D eigenvalue weighted by molar-refractivity contribution is 4.93. The number of nitrogens with zero attached hydrogens (tertiary/aromatic N) is 2. The molecule has 0 aromatic heterocycles. The molecule has 0 radical (unpaired) electrons. The molecule has 1 heterocycles. The van der Waals surface area contributed by atoms with Gasteiger partial charge in [0.2, 0.25) is 0 Å². The van der Waals surface area contributed by atoms with Crippen LogP contribution >= 0.6 is 0 Å². The number of likely N-dealkylation sites (N-methyl/N-ethyl adjacent to an activating group) is 1. The molecule has 0 aromatic carbocycles. The molecule has 1 N–H and O–H groups in total. The summed E-state index contributed by atoms with van der Waals surface area (Å²) in [5.41, 5.74) is 0.251. The van der Waals surface area contributed by atoms with Crippen LogP contribution in [-0.2, 0) is 0 Å². The Morgan fingerprint density at radius 2 is 2.00 bits per heavy atom. The van der Waals surface area contributed by atoms with E-state index in [2.05, 4.69) is 44.5 Å². The zero-order valence-electron chi connectivity index (χ0n) is 11.5. The van der Waals surface area contributed by atoms with Crippen molar-refractivity contribution in [2.24, 2.45) is 5.92 Å². The minimum Gasteiger partial charge on any atom is -0.396 e. The van der Waals surface area contributed by atoms with E-state index in [0.29, 0.717) is 18.6 Å². The van der Waals surface area contributed by atoms with Gasteiger partial charge in [0.05, 0.1) is 0 Å². The van der Waals surface area contributed by atoms with Gasteiger partial charge >= 0.3 is 0 Å². The van der Waals surface area contributed by atoms with Gasteiger partial charge in [-0.3, -0.25) is 9.80 Å². The van der Waals surface area contributed by atoms with Crippen molar-refractivity contribution in [2.75, 3.05) is 33.3 Å². The lowest BCUT2D eigenvalue weighted by Gasteiger charge is -2.50. The number of hydrogen-bond acceptors (Lipinski definition) is 3. The highest BCUT2D eigenvalue weighted by Crippen LogP contribution is 2.24. The Hall–Kier alpha value is -0.120. The van der Waals surface area contributed by atoms with E-state index in [0.717, 1.165) is 26.1 Å². The number of aliphatic hydroxyl groups is 1. The van der Waals surface area contributed by atoms with E-state index < -0.39 is 0 Å². The molecule has 96 valence electrons. The first-order chi connectivity index (χ1) is 7.36. The Labute approximate surface area is 100 Å². The quantitative estimate of drug-likeness (QED) is 0.788. The first-order valence-electron chi connectivity index (χ1n) is 6.43. The van der Waals surface area contributed by atoms with E-state index in [1.807, 2.05) is 0 Å². The SMILES string of the molecule is CC(C)CN1CC(C)(C)N(C)CC1CCO. The van der Waals surface area contributed by atoms with Crippen LogP contribution < -0.4 is 0 Å². The molecular formula is C13H28N2O. The van der Waals surface area contributed by atoms with Crippen molar-refractivity contribution >= 4 is 0 Å². The van der Waals surface area contributed by atoms with E-state index in [1.165, 1.54) is 0 Å². The van der Waals surface area contributed by atoms with Gasteiger partial charge in [-0.1, -0.05) is 13.8 Å². The summed E-state index contributed by atoms with van der Waals surface area (Å²) in [5, 5.41) is 9.14. The minimum atomic E-state index is 0.251. The zero-order valence-corrected chi connectivity index (χ0v) is 11.5. The third-order valence-electron chi connectivity index (χ3n) is 3.69. The van der Waals surface area contributed by atoms with Crippen molar-refractivity contribution in [3.8, 4) is 0 Å². The maximum absolute atomic E-state index is 9.14. The Morgan fingerprint density at radius 3 is 2.50 bits per heavy atom. The lowest BCUT2D eigenvalue weighted by atomic mass is 9.94. The van der Waals surface area contributed by atoms with Crippen LogP contribution in [0.3, 0.4) is 0 Å². The normalized spacial score (nSPS) is 27.6. The molecule has 1 atom stereocenters. The molecule has 3 nitrogen and oxygen atoms in total. The molecule has 1 rings (SSSR count). The summed E-state index contributed by atoms with van der Waals surface area (Å²) in [6.07, 6.45) is 0.896. The minimum absolute atomic E-state index is 0.251. The van der Waals surface area contributed by atoms with Crippen LogP contribution in [0.1, 0.15) is 34.1 Å². The molecule has 1 saturated heterocycles. The first kappa shape index (κ1) is 13.9. The lowest BCUT2D eigenvalue weighted by Crippen LogP contribution is -2.62. The fourth-order valence-corrected chi connectivity index (χ4v) is 2.53. The summed E-state index contributed by atoms with van der Waals surface area (Å²) < 4.78 is 0. The smallest absolute Gasteiger partial charge is 0.0446 e. The molecule has 0 aromatic rings. The van der Waals surface area contributed by atoms with Crippen LogP contribution in [-0.4, -0.2) is 59.8 Å². The topological polar surface area (TPSA) is 26.7 Å². The van der Waals surface area contributed by atoms with E-state index in [4.69, 9.17) is 5.11 Å². The standard InChI is InChI=1S/C13H28N2O/c1-11(2)8-15-10-13(3,4)14(5)9-12(15)6-7-16/h11-12,16H,6-10H2,1-5H3. The van der Waals surface area contributed by atoms with E-state index >= 15 is 0 Å². The molecule has 0 amide bonds. The van der Waals surface area contributed by atoms with Crippen molar-refractivity contribution in [1.82, 2.24) is 9.80 Å². The monoisotopic (exact) mass is 228 g/mol. The average molecular weight is 228 g/mol. The number of aliphatic hydroxyl groups excluding tert-OH is 1.